The monoisotopic (exact) mass is 423 g/mol. The molecule has 3 aromatic rings. The first-order valence-electron chi connectivity index (χ1n) is 9.66. The van der Waals surface area contributed by atoms with E-state index in [1.807, 2.05) is 0 Å². The van der Waals surface area contributed by atoms with E-state index in [9.17, 15) is 18.8 Å². The van der Waals surface area contributed by atoms with Gasteiger partial charge in [-0.25, -0.2) is 4.39 Å². The molecule has 3 rings (SSSR count). The summed E-state index contributed by atoms with van der Waals surface area (Å²) in [5, 5.41) is 7.98. The highest BCUT2D eigenvalue weighted by Gasteiger charge is 2.26. The van der Waals surface area contributed by atoms with E-state index in [1.54, 1.807) is 50.2 Å². The average molecular weight is 423 g/mol. The molecule has 0 saturated carbocycles. The smallest absolute Gasteiger partial charge is 0.291 e. The lowest BCUT2D eigenvalue weighted by molar-refractivity contribution is -0.118. The molecule has 1 aromatic heterocycles. The fourth-order valence-electron chi connectivity index (χ4n) is 2.89. The Balaban J connectivity index is 1.69. The second-order valence-corrected chi connectivity index (χ2v) is 7.18. The van der Waals surface area contributed by atoms with Gasteiger partial charge in [-0.1, -0.05) is 32.0 Å². The van der Waals surface area contributed by atoms with Crippen molar-refractivity contribution in [2.45, 2.75) is 19.9 Å². The molecule has 0 aliphatic carbocycles. The first-order valence-corrected chi connectivity index (χ1v) is 9.66. The molecule has 0 aliphatic rings. The van der Waals surface area contributed by atoms with E-state index in [2.05, 4.69) is 16.0 Å². The van der Waals surface area contributed by atoms with E-state index in [0.717, 1.165) is 0 Å². The molecule has 0 spiro atoms. The molecule has 2 aromatic carbocycles. The zero-order chi connectivity index (χ0) is 22.4. The number of hydrogen-bond donors (Lipinski definition) is 3. The van der Waals surface area contributed by atoms with Gasteiger partial charge in [-0.15, -0.1) is 0 Å². The van der Waals surface area contributed by atoms with Crippen molar-refractivity contribution in [2.24, 2.45) is 5.92 Å². The summed E-state index contributed by atoms with van der Waals surface area (Å²) < 4.78 is 18.9. The average Bonchev–Trinajstić information content (AvgIpc) is 3.27. The Morgan fingerprint density at radius 3 is 2.23 bits per heavy atom. The van der Waals surface area contributed by atoms with Gasteiger partial charge in [0.25, 0.3) is 11.8 Å². The van der Waals surface area contributed by atoms with Crippen molar-refractivity contribution in [1.29, 1.82) is 0 Å². The second kappa shape index (κ2) is 9.71. The van der Waals surface area contributed by atoms with Gasteiger partial charge < -0.3 is 20.4 Å². The third-order valence-corrected chi connectivity index (χ3v) is 4.49. The minimum atomic E-state index is -0.895. The van der Waals surface area contributed by atoms with Crippen molar-refractivity contribution in [1.82, 2.24) is 5.32 Å². The van der Waals surface area contributed by atoms with Crippen LogP contribution in [0.4, 0.5) is 15.8 Å². The maximum Gasteiger partial charge on any atom is 0.291 e. The van der Waals surface area contributed by atoms with Gasteiger partial charge in [0, 0.05) is 11.4 Å². The number of amides is 3. The Labute approximate surface area is 178 Å². The predicted octanol–water partition coefficient (Wildman–Crippen LogP) is 4.06. The molecule has 160 valence electrons. The molecule has 0 saturated heterocycles. The van der Waals surface area contributed by atoms with E-state index in [0.29, 0.717) is 11.4 Å². The van der Waals surface area contributed by atoms with Crippen LogP contribution in [0.3, 0.4) is 0 Å². The Bertz CT molecular complexity index is 1080. The Morgan fingerprint density at radius 1 is 0.871 bits per heavy atom. The van der Waals surface area contributed by atoms with Crippen LogP contribution in [0.15, 0.2) is 71.3 Å². The summed E-state index contributed by atoms with van der Waals surface area (Å²) in [5.74, 6) is -2.32. The largest absolute Gasteiger partial charge is 0.459 e. The van der Waals surface area contributed by atoms with Crippen LogP contribution in [0.2, 0.25) is 0 Å². The maximum absolute atomic E-state index is 13.9. The normalized spacial score (nSPS) is 11.6. The van der Waals surface area contributed by atoms with Gasteiger partial charge >= 0.3 is 0 Å². The van der Waals surface area contributed by atoms with Crippen LogP contribution in [0.5, 0.6) is 0 Å². The molecule has 1 unspecified atom stereocenters. The van der Waals surface area contributed by atoms with Crippen LogP contribution in [0.1, 0.15) is 34.8 Å². The summed E-state index contributed by atoms with van der Waals surface area (Å²) in [6.45, 7) is 3.54. The number of anilines is 2. The van der Waals surface area contributed by atoms with Gasteiger partial charge in [-0.05, 0) is 48.4 Å². The Kier molecular flexibility index (Phi) is 6.81. The fraction of sp³-hybridized carbons (Fsp3) is 0.174. The molecule has 31 heavy (non-hydrogen) atoms. The number of nitrogens with one attached hydrogen (secondary N) is 3. The van der Waals surface area contributed by atoms with E-state index in [4.69, 9.17) is 4.42 Å². The molecule has 0 bridgehead atoms. The summed E-state index contributed by atoms with van der Waals surface area (Å²) in [4.78, 5) is 37.4. The Morgan fingerprint density at radius 2 is 1.58 bits per heavy atom. The maximum atomic E-state index is 13.9. The molecule has 3 N–H and O–H groups in total. The van der Waals surface area contributed by atoms with Crippen molar-refractivity contribution in [2.75, 3.05) is 10.6 Å². The van der Waals surface area contributed by atoms with Crippen molar-refractivity contribution >= 4 is 29.1 Å². The Hall–Kier alpha value is -3.94. The van der Waals surface area contributed by atoms with E-state index < -0.39 is 29.6 Å². The zero-order valence-electron chi connectivity index (χ0n) is 17.0. The van der Waals surface area contributed by atoms with Gasteiger partial charge in [0.05, 0.1) is 11.8 Å². The van der Waals surface area contributed by atoms with Crippen LogP contribution in [-0.2, 0) is 4.79 Å². The number of halogens is 1. The van der Waals surface area contributed by atoms with Gasteiger partial charge in [0.2, 0.25) is 5.91 Å². The molecule has 7 nitrogen and oxygen atoms in total. The summed E-state index contributed by atoms with van der Waals surface area (Å²) in [6, 6.07) is 14.4. The molecule has 0 radical (unpaired) electrons. The van der Waals surface area contributed by atoms with E-state index in [-0.39, 0.29) is 17.2 Å². The lowest BCUT2D eigenvalue weighted by Crippen LogP contribution is -2.47. The number of hydrogen-bond acceptors (Lipinski definition) is 4. The third kappa shape index (κ3) is 5.57. The van der Waals surface area contributed by atoms with Crippen molar-refractivity contribution < 1.29 is 23.2 Å². The van der Waals surface area contributed by atoms with Crippen LogP contribution in [0, 0.1) is 11.7 Å². The van der Waals surface area contributed by atoms with Crippen molar-refractivity contribution in [3.8, 4) is 0 Å². The highest BCUT2D eigenvalue weighted by atomic mass is 19.1. The van der Waals surface area contributed by atoms with Gasteiger partial charge in [0.1, 0.15) is 11.9 Å². The molecular formula is C23H22FN3O4. The van der Waals surface area contributed by atoms with Crippen molar-refractivity contribution in [3.05, 3.63) is 84.1 Å². The summed E-state index contributed by atoms with van der Waals surface area (Å²) in [7, 11) is 0. The van der Waals surface area contributed by atoms with Crippen molar-refractivity contribution in [3.63, 3.8) is 0 Å². The SMILES string of the molecule is CC(C)C(NC(=O)c1ccccc1F)C(=O)Nc1cccc(NC(=O)c2ccco2)c1. The van der Waals surface area contributed by atoms with Crippen LogP contribution in [0.25, 0.3) is 0 Å². The van der Waals surface area contributed by atoms with E-state index >= 15 is 0 Å². The third-order valence-electron chi connectivity index (χ3n) is 4.49. The van der Waals surface area contributed by atoms with Crippen LogP contribution >= 0.6 is 0 Å². The standard InChI is InChI=1S/C23H22FN3O4/c1-14(2)20(27-21(28)17-9-3-4-10-18(17)24)23(30)26-16-8-5-7-15(13-16)25-22(29)19-11-6-12-31-19/h3-14,20H,1-2H3,(H,25,29)(H,26,30)(H,27,28). The molecule has 3 amide bonds. The number of carbonyl (C=O) groups excluding carboxylic acids is 3. The highest BCUT2D eigenvalue weighted by Crippen LogP contribution is 2.18. The van der Waals surface area contributed by atoms with E-state index in [1.165, 1.54) is 30.5 Å². The molecule has 0 fully saturated rings. The lowest BCUT2D eigenvalue weighted by Gasteiger charge is -2.22. The first-order chi connectivity index (χ1) is 14.8. The predicted molar refractivity (Wildman–Crippen MR) is 114 cm³/mol. The highest BCUT2D eigenvalue weighted by molar-refractivity contribution is 6.04. The lowest BCUT2D eigenvalue weighted by atomic mass is 10.0. The summed E-state index contributed by atoms with van der Waals surface area (Å²) in [6.07, 6.45) is 1.40. The number of carbonyl (C=O) groups is 3. The molecular weight excluding hydrogens is 401 g/mol. The zero-order valence-corrected chi connectivity index (χ0v) is 17.0. The van der Waals surface area contributed by atoms with Gasteiger partial charge in [0.15, 0.2) is 5.76 Å². The molecule has 1 heterocycles. The summed E-state index contributed by atoms with van der Waals surface area (Å²) >= 11 is 0. The van der Waals surface area contributed by atoms with Gasteiger partial charge in [-0.3, -0.25) is 14.4 Å². The minimum Gasteiger partial charge on any atom is -0.459 e. The molecule has 0 aliphatic heterocycles. The van der Waals surface area contributed by atoms with Gasteiger partial charge in [-0.2, -0.15) is 0 Å². The fourth-order valence-corrected chi connectivity index (χ4v) is 2.89. The second-order valence-electron chi connectivity index (χ2n) is 7.18. The van der Waals surface area contributed by atoms with Crippen LogP contribution < -0.4 is 16.0 Å². The quantitative estimate of drug-likeness (QED) is 0.533. The molecule has 1 atom stereocenters. The number of benzene rings is 2. The molecule has 8 heteroatoms. The number of furan rings is 1. The number of rotatable bonds is 7. The topological polar surface area (TPSA) is 100 Å². The van der Waals surface area contributed by atoms with Crippen LogP contribution in [-0.4, -0.2) is 23.8 Å². The summed E-state index contributed by atoms with van der Waals surface area (Å²) in [5.41, 5.74) is 0.743. The first kappa shape index (κ1) is 21.8. The minimum absolute atomic E-state index is 0.136.